The second-order valence-corrected chi connectivity index (χ2v) is 12.7. The number of nitriles is 1. The number of rotatable bonds is 9. The van der Waals surface area contributed by atoms with E-state index < -0.39 is 0 Å². The molecule has 4 nitrogen and oxygen atoms in total. The summed E-state index contributed by atoms with van der Waals surface area (Å²) < 4.78 is 0. The highest BCUT2D eigenvalue weighted by Gasteiger charge is 2.31. The van der Waals surface area contributed by atoms with Crippen LogP contribution in [0.3, 0.4) is 0 Å². The van der Waals surface area contributed by atoms with Crippen LogP contribution in [0.25, 0.3) is 0 Å². The molecule has 2 aromatic rings. The van der Waals surface area contributed by atoms with Crippen molar-refractivity contribution in [3.05, 3.63) is 49.8 Å². The van der Waals surface area contributed by atoms with Crippen molar-refractivity contribution in [1.29, 1.82) is 5.26 Å². The van der Waals surface area contributed by atoms with E-state index in [0.29, 0.717) is 21.7 Å². The van der Waals surface area contributed by atoms with Gasteiger partial charge in [-0.15, -0.1) is 11.3 Å². The third kappa shape index (κ3) is 7.23. The Bertz CT molecular complexity index is 1080. The Morgan fingerprint density at radius 3 is 2.60 bits per heavy atom. The smallest absolute Gasteiger partial charge is 0.228 e. The summed E-state index contributed by atoms with van der Waals surface area (Å²) in [6, 6.07) is 8.46. The second kappa shape index (κ2) is 12.1. The maximum Gasteiger partial charge on any atom is 0.228 e. The van der Waals surface area contributed by atoms with E-state index in [4.69, 9.17) is 23.2 Å². The zero-order chi connectivity index (χ0) is 25.8. The fraction of sp³-hybridized carbons (Fsp3) is 0.571. The van der Waals surface area contributed by atoms with E-state index in [9.17, 15) is 10.1 Å². The molecule has 0 bridgehead atoms. The highest BCUT2D eigenvalue weighted by Crippen LogP contribution is 2.40. The largest absolute Gasteiger partial charge is 0.316 e. The molecule has 1 aliphatic carbocycles. The van der Waals surface area contributed by atoms with Gasteiger partial charge in [0, 0.05) is 33.4 Å². The van der Waals surface area contributed by atoms with E-state index in [-0.39, 0.29) is 17.2 Å². The summed E-state index contributed by atoms with van der Waals surface area (Å²) in [6.07, 6.45) is 5.38. The van der Waals surface area contributed by atoms with Crippen molar-refractivity contribution in [1.82, 2.24) is 4.90 Å². The van der Waals surface area contributed by atoms with Gasteiger partial charge in [0.1, 0.15) is 11.1 Å². The van der Waals surface area contributed by atoms with Gasteiger partial charge in [0.2, 0.25) is 5.91 Å². The number of anilines is 1. The summed E-state index contributed by atoms with van der Waals surface area (Å²) in [4.78, 5) is 16.5. The quantitative estimate of drug-likeness (QED) is 0.354. The summed E-state index contributed by atoms with van der Waals surface area (Å²) in [7, 11) is 0. The third-order valence-corrected chi connectivity index (χ3v) is 8.75. The highest BCUT2D eigenvalue weighted by atomic mass is 35.5. The van der Waals surface area contributed by atoms with Gasteiger partial charge in [-0.1, -0.05) is 63.9 Å². The molecule has 0 aliphatic heterocycles. The lowest BCUT2D eigenvalue weighted by atomic mass is 9.88. The summed E-state index contributed by atoms with van der Waals surface area (Å²) in [5.41, 5.74) is 3.09. The number of halogens is 2. The van der Waals surface area contributed by atoms with Crippen LogP contribution < -0.4 is 5.32 Å². The Labute approximate surface area is 224 Å². The Hall–Kier alpha value is -1.58. The van der Waals surface area contributed by atoms with Crippen LogP contribution in [0.5, 0.6) is 0 Å². The van der Waals surface area contributed by atoms with Crippen molar-refractivity contribution in [3.8, 4) is 6.07 Å². The first kappa shape index (κ1) is 28.0. The predicted molar refractivity (Wildman–Crippen MR) is 148 cm³/mol. The number of benzene rings is 1. The van der Waals surface area contributed by atoms with Gasteiger partial charge in [0.25, 0.3) is 0 Å². The number of carbonyl (C=O) groups excluding carboxylic acids is 1. The van der Waals surface area contributed by atoms with Crippen LogP contribution in [-0.2, 0) is 24.2 Å². The predicted octanol–water partition coefficient (Wildman–Crippen LogP) is 8.10. The number of hydrogen-bond donors (Lipinski definition) is 1. The lowest BCUT2D eigenvalue weighted by Crippen LogP contribution is -2.40. The van der Waals surface area contributed by atoms with Crippen molar-refractivity contribution in [2.75, 3.05) is 11.9 Å². The highest BCUT2D eigenvalue weighted by molar-refractivity contribution is 7.16. The molecule has 1 aliphatic rings. The average Bonchev–Trinajstić information content (AvgIpc) is 3.14. The first-order chi connectivity index (χ1) is 16.6. The number of amides is 1. The van der Waals surface area contributed by atoms with Crippen LogP contribution in [-0.4, -0.2) is 23.4 Å². The summed E-state index contributed by atoms with van der Waals surface area (Å²) in [5.74, 6) is -0.00346. The molecule has 35 heavy (non-hydrogen) atoms. The van der Waals surface area contributed by atoms with Crippen molar-refractivity contribution >= 4 is 45.4 Å². The average molecular weight is 535 g/mol. The number of nitrogens with one attached hydrogen (secondary N) is 1. The van der Waals surface area contributed by atoms with Gasteiger partial charge in [-0.25, -0.2) is 0 Å². The van der Waals surface area contributed by atoms with Crippen molar-refractivity contribution in [3.63, 3.8) is 0 Å². The maximum absolute atomic E-state index is 12.7. The third-order valence-electron chi connectivity index (χ3n) is 7.00. The van der Waals surface area contributed by atoms with Crippen LogP contribution >= 0.6 is 34.5 Å². The summed E-state index contributed by atoms with van der Waals surface area (Å²) in [5, 5.41) is 15.0. The van der Waals surface area contributed by atoms with Gasteiger partial charge in [0.15, 0.2) is 0 Å². The first-order valence-electron chi connectivity index (χ1n) is 12.6. The van der Waals surface area contributed by atoms with E-state index in [2.05, 4.69) is 37.1 Å². The monoisotopic (exact) mass is 533 g/mol. The van der Waals surface area contributed by atoms with E-state index >= 15 is 0 Å². The van der Waals surface area contributed by atoms with Gasteiger partial charge in [-0.05, 0) is 73.7 Å². The second-order valence-electron chi connectivity index (χ2n) is 10.7. The van der Waals surface area contributed by atoms with E-state index in [1.165, 1.54) is 4.88 Å². The summed E-state index contributed by atoms with van der Waals surface area (Å²) >= 11 is 14.3. The molecule has 1 amide bonds. The van der Waals surface area contributed by atoms with Crippen LogP contribution in [0.1, 0.15) is 81.9 Å². The Morgan fingerprint density at radius 2 is 2.00 bits per heavy atom. The molecule has 0 spiro atoms. The van der Waals surface area contributed by atoms with Gasteiger partial charge in [0.05, 0.1) is 5.56 Å². The lowest BCUT2D eigenvalue weighted by Gasteiger charge is -2.36. The van der Waals surface area contributed by atoms with Crippen LogP contribution in [0.4, 0.5) is 5.00 Å². The van der Waals surface area contributed by atoms with E-state index in [1.54, 1.807) is 11.3 Å². The molecule has 1 unspecified atom stereocenters. The van der Waals surface area contributed by atoms with Gasteiger partial charge in [-0.3, -0.25) is 9.69 Å². The molecular weight excluding hydrogens is 497 g/mol. The lowest BCUT2D eigenvalue weighted by molar-refractivity contribution is -0.120. The maximum atomic E-state index is 12.7. The van der Waals surface area contributed by atoms with Crippen molar-refractivity contribution in [2.24, 2.45) is 11.3 Å². The van der Waals surface area contributed by atoms with Gasteiger partial charge >= 0.3 is 0 Å². The number of thiophene rings is 1. The van der Waals surface area contributed by atoms with Crippen molar-refractivity contribution < 1.29 is 4.79 Å². The zero-order valence-corrected chi connectivity index (χ0v) is 23.8. The molecule has 0 saturated carbocycles. The van der Waals surface area contributed by atoms with Crippen LogP contribution in [0, 0.1) is 22.7 Å². The van der Waals surface area contributed by atoms with E-state index in [1.807, 2.05) is 32.0 Å². The molecule has 1 aromatic carbocycles. The fourth-order valence-electron chi connectivity index (χ4n) is 4.70. The minimum atomic E-state index is -0.0227. The molecule has 1 heterocycles. The molecule has 0 fully saturated rings. The SMILES string of the molecule is CCC(CC)C(=O)Nc1sc2c(c1C#N)CCC(N(CCC(C)(C)C)Cc1ccc(Cl)cc1Cl)C2. The minimum absolute atomic E-state index is 0.0193. The Balaban J connectivity index is 1.84. The van der Waals surface area contributed by atoms with Gasteiger partial charge < -0.3 is 5.32 Å². The number of nitrogens with zero attached hydrogens (tertiary/aromatic N) is 2. The van der Waals surface area contributed by atoms with E-state index in [0.717, 1.165) is 67.7 Å². The first-order valence-corrected chi connectivity index (χ1v) is 14.2. The van der Waals surface area contributed by atoms with Crippen LogP contribution in [0.2, 0.25) is 10.0 Å². The molecule has 7 heteroatoms. The molecule has 0 radical (unpaired) electrons. The van der Waals surface area contributed by atoms with Crippen molar-refractivity contribution in [2.45, 2.75) is 85.7 Å². The number of hydrogen-bond acceptors (Lipinski definition) is 4. The zero-order valence-electron chi connectivity index (χ0n) is 21.5. The standard InChI is InChI=1S/C28H37Cl2N3OS/c1-6-18(7-2)26(34)32-27-23(16-31)22-11-10-21(15-25(22)35-27)33(13-12-28(3,4)5)17-19-8-9-20(29)14-24(19)30/h8-9,14,18,21H,6-7,10-13,15,17H2,1-5H3,(H,32,34). The topological polar surface area (TPSA) is 56.1 Å². The number of fused-ring (bicyclic) bond motifs is 1. The molecule has 190 valence electrons. The Kier molecular flexibility index (Phi) is 9.68. The molecular formula is C28H37Cl2N3OS. The fourth-order valence-corrected chi connectivity index (χ4v) is 6.44. The molecule has 0 saturated heterocycles. The Morgan fingerprint density at radius 1 is 1.29 bits per heavy atom. The molecule has 1 N–H and O–H groups in total. The van der Waals surface area contributed by atoms with Crippen LogP contribution in [0.15, 0.2) is 18.2 Å². The number of carbonyl (C=O) groups is 1. The molecule has 1 aromatic heterocycles. The normalized spacial score (nSPS) is 15.8. The molecule has 1 atom stereocenters. The minimum Gasteiger partial charge on any atom is -0.316 e. The molecule has 3 rings (SSSR count). The summed E-state index contributed by atoms with van der Waals surface area (Å²) in [6.45, 7) is 12.6. The van der Waals surface area contributed by atoms with Gasteiger partial charge in [-0.2, -0.15) is 5.26 Å².